The lowest BCUT2D eigenvalue weighted by molar-refractivity contribution is -0.384. The van der Waals surface area contributed by atoms with Crippen LogP contribution in [0.3, 0.4) is 0 Å². The molecule has 0 aliphatic rings. The number of non-ortho nitro benzene ring substituents is 1. The molecule has 0 saturated carbocycles. The van der Waals surface area contributed by atoms with E-state index >= 15 is 0 Å². The maximum atomic E-state index is 12.0. The number of fused-ring (bicyclic) bond motifs is 1. The van der Waals surface area contributed by atoms with Crippen LogP contribution in [0, 0.1) is 17.0 Å². The molecule has 2 heterocycles. The number of aromatic nitrogens is 3. The first-order valence-electron chi connectivity index (χ1n) is 6.77. The van der Waals surface area contributed by atoms with Crippen molar-refractivity contribution in [1.82, 2.24) is 14.4 Å². The molecular weight excluding hydrogens is 316 g/mol. The molecular formula is C15H12N4O3S. The Morgan fingerprint density at radius 3 is 2.87 bits per heavy atom. The van der Waals surface area contributed by atoms with Crippen LogP contribution in [0.1, 0.15) is 11.1 Å². The van der Waals surface area contributed by atoms with Crippen molar-refractivity contribution in [1.29, 1.82) is 0 Å². The molecule has 116 valence electrons. The number of aryl methyl sites for hydroxylation is 1. The van der Waals surface area contributed by atoms with Crippen LogP contribution in [0.4, 0.5) is 5.69 Å². The highest BCUT2D eigenvalue weighted by Gasteiger charge is 2.09. The van der Waals surface area contributed by atoms with Gasteiger partial charge in [-0.2, -0.15) is 4.98 Å². The van der Waals surface area contributed by atoms with E-state index < -0.39 is 4.92 Å². The zero-order chi connectivity index (χ0) is 16.4. The maximum absolute atomic E-state index is 12.0. The van der Waals surface area contributed by atoms with Gasteiger partial charge in [-0.15, -0.1) is 0 Å². The molecule has 0 saturated heterocycles. The predicted molar refractivity (Wildman–Crippen MR) is 86.7 cm³/mol. The van der Waals surface area contributed by atoms with Crippen molar-refractivity contribution < 1.29 is 4.92 Å². The minimum absolute atomic E-state index is 0.0402. The lowest BCUT2D eigenvalue weighted by Crippen LogP contribution is -2.19. The lowest BCUT2D eigenvalue weighted by Gasteiger charge is -2.05. The average molecular weight is 328 g/mol. The Labute approximate surface area is 135 Å². The van der Waals surface area contributed by atoms with Crippen molar-refractivity contribution in [3.05, 3.63) is 74.3 Å². The SMILES string of the molecule is Cc1cccn2c(=O)nc(SCc3cccc([N+](=O)[O-])c3)nc12. The van der Waals surface area contributed by atoms with E-state index in [4.69, 9.17) is 0 Å². The van der Waals surface area contributed by atoms with Gasteiger partial charge >= 0.3 is 5.69 Å². The third-order valence-corrected chi connectivity index (χ3v) is 4.17. The van der Waals surface area contributed by atoms with Gasteiger partial charge in [-0.05, 0) is 24.1 Å². The van der Waals surface area contributed by atoms with E-state index in [1.165, 1.54) is 28.3 Å². The second-order valence-corrected chi connectivity index (χ2v) is 5.83. The monoisotopic (exact) mass is 328 g/mol. The van der Waals surface area contributed by atoms with Gasteiger partial charge < -0.3 is 0 Å². The fraction of sp³-hybridized carbons (Fsp3) is 0.133. The van der Waals surface area contributed by atoms with Gasteiger partial charge in [0.25, 0.3) is 5.69 Å². The summed E-state index contributed by atoms with van der Waals surface area (Å²) in [5.74, 6) is 0.448. The van der Waals surface area contributed by atoms with Gasteiger partial charge in [0.15, 0.2) is 5.16 Å². The minimum atomic E-state index is -0.434. The van der Waals surface area contributed by atoms with Crippen molar-refractivity contribution in [3.63, 3.8) is 0 Å². The van der Waals surface area contributed by atoms with E-state index in [1.807, 2.05) is 13.0 Å². The third-order valence-electron chi connectivity index (χ3n) is 3.25. The number of rotatable bonds is 4. The molecule has 0 aliphatic heterocycles. The van der Waals surface area contributed by atoms with Crippen molar-refractivity contribution in [2.45, 2.75) is 17.8 Å². The Hall–Kier alpha value is -2.74. The Morgan fingerprint density at radius 1 is 1.26 bits per heavy atom. The van der Waals surface area contributed by atoms with Gasteiger partial charge in [-0.25, -0.2) is 9.78 Å². The standard InChI is InChI=1S/C15H12N4O3S/c1-10-4-3-7-18-13(10)16-14(17-15(18)20)23-9-11-5-2-6-12(8-11)19(21)22/h2-8H,9H2,1H3. The second-order valence-electron chi connectivity index (χ2n) is 4.89. The molecule has 0 aliphatic carbocycles. The summed E-state index contributed by atoms with van der Waals surface area (Å²) in [6.45, 7) is 1.87. The van der Waals surface area contributed by atoms with Crippen molar-refractivity contribution in [2.75, 3.05) is 0 Å². The summed E-state index contributed by atoms with van der Waals surface area (Å²) in [6, 6.07) is 10.0. The second kappa shape index (κ2) is 6.17. The highest BCUT2D eigenvalue weighted by Crippen LogP contribution is 2.22. The van der Waals surface area contributed by atoms with Crippen LogP contribution >= 0.6 is 11.8 Å². The molecule has 8 heteroatoms. The molecule has 7 nitrogen and oxygen atoms in total. The number of nitrogens with zero attached hydrogens (tertiary/aromatic N) is 4. The van der Waals surface area contributed by atoms with Crippen LogP contribution in [0.2, 0.25) is 0 Å². The Kier molecular flexibility index (Phi) is 4.07. The van der Waals surface area contributed by atoms with Crippen LogP contribution in [0.5, 0.6) is 0 Å². The van der Waals surface area contributed by atoms with Crippen LogP contribution in [0.25, 0.3) is 5.65 Å². The fourth-order valence-corrected chi connectivity index (χ4v) is 2.90. The zero-order valence-corrected chi connectivity index (χ0v) is 13.0. The normalized spacial score (nSPS) is 10.8. The molecule has 1 aromatic carbocycles. The Bertz CT molecular complexity index is 955. The quantitative estimate of drug-likeness (QED) is 0.415. The Balaban J connectivity index is 1.88. The smallest absolute Gasteiger partial charge is 0.258 e. The molecule has 3 aromatic rings. The van der Waals surface area contributed by atoms with E-state index in [0.29, 0.717) is 16.6 Å². The highest BCUT2D eigenvalue weighted by molar-refractivity contribution is 7.98. The lowest BCUT2D eigenvalue weighted by atomic mass is 10.2. The van der Waals surface area contributed by atoms with E-state index in [0.717, 1.165) is 11.1 Å². The molecule has 0 spiro atoms. The number of pyridine rings is 1. The molecule has 23 heavy (non-hydrogen) atoms. The van der Waals surface area contributed by atoms with E-state index in [2.05, 4.69) is 9.97 Å². The average Bonchev–Trinajstić information content (AvgIpc) is 2.54. The molecule has 3 rings (SSSR count). The summed E-state index contributed by atoms with van der Waals surface area (Å²) in [7, 11) is 0. The Morgan fingerprint density at radius 2 is 2.09 bits per heavy atom. The maximum Gasteiger partial charge on any atom is 0.355 e. The zero-order valence-electron chi connectivity index (χ0n) is 12.2. The van der Waals surface area contributed by atoms with Crippen molar-refractivity contribution in [3.8, 4) is 0 Å². The molecule has 0 fully saturated rings. The molecule has 0 N–H and O–H groups in total. The van der Waals surface area contributed by atoms with Gasteiger partial charge in [-0.1, -0.05) is 30.0 Å². The first-order chi connectivity index (χ1) is 11.0. The highest BCUT2D eigenvalue weighted by atomic mass is 32.2. The van der Waals surface area contributed by atoms with Gasteiger partial charge in [0.05, 0.1) is 4.92 Å². The number of nitro benzene ring substituents is 1. The van der Waals surface area contributed by atoms with E-state index in [9.17, 15) is 14.9 Å². The number of nitro groups is 1. The molecule has 0 amide bonds. The molecule has 0 bridgehead atoms. The van der Waals surface area contributed by atoms with Crippen LogP contribution in [-0.4, -0.2) is 19.3 Å². The van der Waals surface area contributed by atoms with Gasteiger partial charge in [0.1, 0.15) is 5.65 Å². The van der Waals surface area contributed by atoms with Crippen LogP contribution in [0.15, 0.2) is 52.5 Å². The number of thioether (sulfide) groups is 1. The molecule has 0 unspecified atom stereocenters. The van der Waals surface area contributed by atoms with Gasteiger partial charge in [0, 0.05) is 24.1 Å². The summed E-state index contributed by atoms with van der Waals surface area (Å²) in [4.78, 5) is 30.7. The van der Waals surface area contributed by atoms with Crippen molar-refractivity contribution >= 4 is 23.1 Å². The summed E-state index contributed by atoms with van der Waals surface area (Å²) >= 11 is 1.27. The number of benzene rings is 1. The topological polar surface area (TPSA) is 90.4 Å². The fourth-order valence-electron chi connectivity index (χ4n) is 2.13. The number of hydrogen-bond donors (Lipinski definition) is 0. The minimum Gasteiger partial charge on any atom is -0.258 e. The summed E-state index contributed by atoms with van der Waals surface area (Å²) in [6.07, 6.45) is 1.62. The van der Waals surface area contributed by atoms with Crippen LogP contribution in [-0.2, 0) is 5.75 Å². The van der Waals surface area contributed by atoms with Gasteiger partial charge in [0.2, 0.25) is 0 Å². The first-order valence-corrected chi connectivity index (χ1v) is 7.75. The molecule has 0 radical (unpaired) electrons. The van der Waals surface area contributed by atoms with Gasteiger partial charge in [-0.3, -0.25) is 14.5 Å². The third kappa shape index (κ3) is 3.21. The van der Waals surface area contributed by atoms with E-state index in [-0.39, 0.29) is 11.4 Å². The predicted octanol–water partition coefficient (Wildman–Crippen LogP) is 2.60. The summed E-state index contributed by atoms with van der Waals surface area (Å²) in [5.41, 5.74) is 1.87. The molecule has 2 aromatic heterocycles. The summed E-state index contributed by atoms with van der Waals surface area (Å²) < 4.78 is 1.40. The number of hydrogen-bond acceptors (Lipinski definition) is 6. The van der Waals surface area contributed by atoms with E-state index in [1.54, 1.807) is 24.4 Å². The van der Waals surface area contributed by atoms with Crippen LogP contribution < -0.4 is 5.69 Å². The molecule has 0 atom stereocenters. The first kappa shape index (κ1) is 15.2. The van der Waals surface area contributed by atoms with Crippen molar-refractivity contribution in [2.24, 2.45) is 0 Å². The largest absolute Gasteiger partial charge is 0.355 e. The summed E-state index contributed by atoms with van der Waals surface area (Å²) in [5, 5.41) is 11.1.